The molecule has 0 heterocycles. The predicted molar refractivity (Wildman–Crippen MR) is 102 cm³/mol. The number of rotatable bonds is 6. The lowest BCUT2D eigenvalue weighted by atomic mass is 9.88. The first-order valence-electron chi connectivity index (χ1n) is 8.59. The molecule has 1 aliphatic rings. The number of hydrogen-bond donors (Lipinski definition) is 2. The molecule has 138 valence electrons. The Morgan fingerprint density at radius 3 is 2.65 bits per heavy atom. The number of aryl methyl sites for hydroxylation is 1. The van der Waals surface area contributed by atoms with Gasteiger partial charge < -0.3 is 5.32 Å². The van der Waals surface area contributed by atoms with Gasteiger partial charge in [-0.15, -0.1) is 0 Å². The van der Waals surface area contributed by atoms with Gasteiger partial charge in [0.1, 0.15) is 4.90 Å². The molecule has 5 nitrogen and oxygen atoms in total. The van der Waals surface area contributed by atoms with Crippen molar-refractivity contribution in [3.8, 4) is 0 Å². The van der Waals surface area contributed by atoms with Crippen molar-refractivity contribution < 1.29 is 13.2 Å². The monoisotopic (exact) mass is 392 g/mol. The van der Waals surface area contributed by atoms with E-state index in [0.717, 1.165) is 24.8 Å². The Hall–Kier alpha value is -1.89. The second kappa shape index (κ2) is 8.20. The van der Waals surface area contributed by atoms with Gasteiger partial charge in [0, 0.05) is 13.0 Å². The van der Waals surface area contributed by atoms with Crippen molar-refractivity contribution in [2.45, 2.75) is 36.6 Å². The summed E-state index contributed by atoms with van der Waals surface area (Å²) in [5.74, 6) is -0.173. The first-order chi connectivity index (χ1) is 12.5. The molecule has 7 heteroatoms. The van der Waals surface area contributed by atoms with Crippen molar-refractivity contribution in [3.05, 3.63) is 64.7 Å². The lowest BCUT2D eigenvalue weighted by molar-refractivity contribution is -0.121. The Bertz CT molecular complexity index is 899. The zero-order valence-electron chi connectivity index (χ0n) is 14.2. The number of benzene rings is 2. The fourth-order valence-electron chi connectivity index (χ4n) is 3.21. The molecule has 0 spiro atoms. The first-order valence-corrected chi connectivity index (χ1v) is 10.4. The molecule has 0 saturated heterocycles. The number of nitrogens with one attached hydrogen (secondary N) is 2. The van der Waals surface area contributed by atoms with E-state index in [-0.39, 0.29) is 34.8 Å². The van der Waals surface area contributed by atoms with Gasteiger partial charge in [-0.05, 0) is 42.5 Å². The highest BCUT2D eigenvalue weighted by Gasteiger charge is 2.22. The van der Waals surface area contributed by atoms with E-state index in [9.17, 15) is 13.2 Å². The number of fused-ring (bicyclic) bond motifs is 1. The van der Waals surface area contributed by atoms with Crippen molar-refractivity contribution in [2.24, 2.45) is 0 Å². The van der Waals surface area contributed by atoms with Crippen LogP contribution in [-0.4, -0.2) is 20.9 Å². The Morgan fingerprint density at radius 1 is 1.12 bits per heavy atom. The summed E-state index contributed by atoms with van der Waals surface area (Å²) in [7, 11) is -3.73. The molecule has 0 fully saturated rings. The molecular formula is C19H21ClN2O3S. The molecule has 2 aromatic rings. The largest absolute Gasteiger partial charge is 0.349 e. The summed E-state index contributed by atoms with van der Waals surface area (Å²) in [6.07, 6.45) is 3.03. The van der Waals surface area contributed by atoms with Gasteiger partial charge in [0.25, 0.3) is 0 Å². The Morgan fingerprint density at radius 2 is 1.85 bits per heavy atom. The quantitative estimate of drug-likeness (QED) is 0.792. The molecule has 3 rings (SSSR count). The SMILES string of the molecule is O=C(CCNS(=O)(=O)c1ccccc1Cl)N[C@H]1CCCc2ccccc21. The van der Waals surface area contributed by atoms with Crippen molar-refractivity contribution in [1.29, 1.82) is 0 Å². The summed E-state index contributed by atoms with van der Waals surface area (Å²) in [5.41, 5.74) is 2.42. The molecule has 0 unspecified atom stereocenters. The Balaban J connectivity index is 1.55. The second-order valence-corrected chi connectivity index (χ2v) is 8.43. The van der Waals surface area contributed by atoms with Crippen LogP contribution in [0.2, 0.25) is 5.02 Å². The van der Waals surface area contributed by atoms with Gasteiger partial charge in [-0.1, -0.05) is 48.0 Å². The second-order valence-electron chi connectivity index (χ2n) is 6.29. The highest BCUT2D eigenvalue weighted by atomic mass is 35.5. The summed E-state index contributed by atoms with van der Waals surface area (Å²) in [5, 5.41) is 3.17. The maximum atomic E-state index is 12.3. The molecule has 2 aromatic carbocycles. The number of carbonyl (C=O) groups excluding carboxylic acids is 1. The van der Waals surface area contributed by atoms with Crippen LogP contribution in [-0.2, 0) is 21.2 Å². The highest BCUT2D eigenvalue weighted by molar-refractivity contribution is 7.89. The number of amides is 1. The van der Waals surface area contributed by atoms with Crippen LogP contribution < -0.4 is 10.0 Å². The molecule has 0 aromatic heterocycles. The average Bonchev–Trinajstić information content (AvgIpc) is 2.62. The van der Waals surface area contributed by atoms with E-state index < -0.39 is 10.0 Å². The van der Waals surface area contributed by atoms with Gasteiger partial charge in [0.15, 0.2) is 0 Å². The minimum atomic E-state index is -3.73. The van der Waals surface area contributed by atoms with Gasteiger partial charge in [0.2, 0.25) is 15.9 Å². The standard InChI is InChI=1S/C19H21ClN2O3S/c20-16-9-3-4-11-18(16)26(24,25)21-13-12-19(23)22-17-10-5-7-14-6-1-2-8-15(14)17/h1-4,6,8-9,11,17,21H,5,7,10,12-13H2,(H,22,23)/t17-/m0/s1. The van der Waals surface area contributed by atoms with E-state index >= 15 is 0 Å². The van der Waals surface area contributed by atoms with E-state index in [4.69, 9.17) is 11.6 Å². The third kappa shape index (κ3) is 4.44. The van der Waals surface area contributed by atoms with Crippen LogP contribution >= 0.6 is 11.6 Å². The first kappa shape index (κ1) is 18.9. The highest BCUT2D eigenvalue weighted by Crippen LogP contribution is 2.29. The third-order valence-electron chi connectivity index (χ3n) is 4.47. The Kier molecular flexibility index (Phi) is 5.96. The molecule has 26 heavy (non-hydrogen) atoms. The maximum absolute atomic E-state index is 12.3. The zero-order valence-corrected chi connectivity index (χ0v) is 15.8. The van der Waals surface area contributed by atoms with Crippen LogP contribution in [0.5, 0.6) is 0 Å². The minimum Gasteiger partial charge on any atom is -0.349 e. The van der Waals surface area contributed by atoms with Crippen molar-refractivity contribution in [1.82, 2.24) is 10.0 Å². The Labute approximate surface area is 158 Å². The predicted octanol–water partition coefficient (Wildman–Crippen LogP) is 3.20. The number of sulfonamides is 1. The van der Waals surface area contributed by atoms with Crippen molar-refractivity contribution in [2.75, 3.05) is 6.54 Å². The molecule has 0 aliphatic heterocycles. The van der Waals surface area contributed by atoms with Crippen LogP contribution in [0, 0.1) is 0 Å². The topological polar surface area (TPSA) is 75.3 Å². The molecule has 2 N–H and O–H groups in total. The van der Waals surface area contributed by atoms with E-state index in [2.05, 4.69) is 16.1 Å². The van der Waals surface area contributed by atoms with E-state index in [1.165, 1.54) is 17.7 Å². The van der Waals surface area contributed by atoms with Crippen LogP contribution in [0.25, 0.3) is 0 Å². The third-order valence-corrected chi connectivity index (χ3v) is 6.44. The fraction of sp³-hybridized carbons (Fsp3) is 0.316. The summed E-state index contributed by atoms with van der Waals surface area (Å²) in [6, 6.07) is 14.3. The molecule has 0 radical (unpaired) electrons. The minimum absolute atomic E-state index is 0.00683. The van der Waals surface area contributed by atoms with Crippen LogP contribution in [0.15, 0.2) is 53.4 Å². The van der Waals surface area contributed by atoms with Gasteiger partial charge >= 0.3 is 0 Å². The van der Waals surface area contributed by atoms with Crippen LogP contribution in [0.4, 0.5) is 0 Å². The molecule has 1 aliphatic carbocycles. The molecule has 1 amide bonds. The molecule has 0 saturated carbocycles. The van der Waals surface area contributed by atoms with Crippen molar-refractivity contribution in [3.63, 3.8) is 0 Å². The lowest BCUT2D eigenvalue weighted by Crippen LogP contribution is -2.34. The fourth-order valence-corrected chi connectivity index (χ4v) is 4.76. The van der Waals surface area contributed by atoms with E-state index in [1.54, 1.807) is 12.1 Å². The van der Waals surface area contributed by atoms with Gasteiger partial charge in [0.05, 0.1) is 11.1 Å². The molecule has 1 atom stereocenters. The maximum Gasteiger partial charge on any atom is 0.242 e. The van der Waals surface area contributed by atoms with Gasteiger partial charge in [-0.3, -0.25) is 4.79 Å². The van der Waals surface area contributed by atoms with E-state index in [1.807, 2.05) is 18.2 Å². The molecular weight excluding hydrogens is 372 g/mol. The summed E-state index contributed by atoms with van der Waals surface area (Å²) >= 11 is 5.93. The summed E-state index contributed by atoms with van der Waals surface area (Å²) in [4.78, 5) is 12.3. The van der Waals surface area contributed by atoms with Gasteiger partial charge in [-0.25, -0.2) is 13.1 Å². The average molecular weight is 393 g/mol. The smallest absolute Gasteiger partial charge is 0.242 e. The molecule has 0 bridgehead atoms. The van der Waals surface area contributed by atoms with Crippen molar-refractivity contribution >= 4 is 27.5 Å². The van der Waals surface area contributed by atoms with E-state index in [0.29, 0.717) is 0 Å². The zero-order chi connectivity index (χ0) is 18.6. The van der Waals surface area contributed by atoms with Crippen LogP contribution in [0.3, 0.4) is 0 Å². The number of carbonyl (C=O) groups is 1. The number of hydrogen-bond acceptors (Lipinski definition) is 3. The van der Waals surface area contributed by atoms with Gasteiger partial charge in [-0.2, -0.15) is 0 Å². The number of halogens is 1. The summed E-state index contributed by atoms with van der Waals surface area (Å²) in [6.45, 7) is 0.0216. The summed E-state index contributed by atoms with van der Waals surface area (Å²) < 4.78 is 27.0. The normalized spacial score (nSPS) is 16.7. The lowest BCUT2D eigenvalue weighted by Gasteiger charge is -2.26. The van der Waals surface area contributed by atoms with Crippen LogP contribution in [0.1, 0.15) is 36.4 Å².